The summed E-state index contributed by atoms with van der Waals surface area (Å²) in [6.07, 6.45) is 1.14. The first-order valence-corrected chi connectivity index (χ1v) is 9.30. The first-order chi connectivity index (χ1) is 11.9. The van der Waals surface area contributed by atoms with Crippen LogP contribution in [0, 0.1) is 18.7 Å². The maximum atomic E-state index is 13.0. The van der Waals surface area contributed by atoms with Crippen molar-refractivity contribution in [1.29, 1.82) is 0 Å². The van der Waals surface area contributed by atoms with Gasteiger partial charge in [0, 0.05) is 19.2 Å². The highest BCUT2D eigenvalue weighted by atomic mass is 32.2. The zero-order valence-corrected chi connectivity index (χ0v) is 14.4. The Labute approximate surface area is 144 Å². The summed E-state index contributed by atoms with van der Waals surface area (Å²) in [4.78, 5) is 12.4. The van der Waals surface area contributed by atoms with Gasteiger partial charge in [0.15, 0.2) is 0 Å². The van der Waals surface area contributed by atoms with E-state index in [1.54, 1.807) is 13.0 Å². The molecule has 1 aliphatic heterocycles. The molecule has 0 bridgehead atoms. The minimum atomic E-state index is -3.76. The van der Waals surface area contributed by atoms with Gasteiger partial charge in [-0.15, -0.1) is 0 Å². The lowest BCUT2D eigenvalue weighted by Crippen LogP contribution is -2.43. The Bertz CT molecular complexity index is 864. The lowest BCUT2D eigenvalue weighted by molar-refractivity contribution is -0.121. The number of hydrogen-bond acceptors (Lipinski definition) is 5. The van der Waals surface area contributed by atoms with Crippen LogP contribution in [0.2, 0.25) is 0 Å². The number of piperidine rings is 1. The molecule has 1 unspecified atom stereocenters. The van der Waals surface area contributed by atoms with Gasteiger partial charge in [-0.05, 0) is 44.0 Å². The van der Waals surface area contributed by atoms with Crippen molar-refractivity contribution in [3.8, 4) is 0 Å². The van der Waals surface area contributed by atoms with Crippen molar-refractivity contribution >= 4 is 21.8 Å². The van der Waals surface area contributed by atoms with Crippen LogP contribution in [0.3, 0.4) is 0 Å². The van der Waals surface area contributed by atoms with E-state index < -0.39 is 21.8 Å². The molecule has 0 aliphatic carbocycles. The third-order valence-corrected chi connectivity index (χ3v) is 5.96. The number of aryl methyl sites for hydroxylation is 1. The van der Waals surface area contributed by atoms with Crippen LogP contribution >= 0.6 is 0 Å². The minimum Gasteiger partial charge on any atom is -0.338 e. The van der Waals surface area contributed by atoms with Crippen molar-refractivity contribution < 1.29 is 22.1 Å². The number of rotatable bonds is 4. The molecule has 3 rings (SSSR count). The number of halogens is 1. The van der Waals surface area contributed by atoms with Crippen molar-refractivity contribution in [3.63, 3.8) is 0 Å². The van der Waals surface area contributed by atoms with E-state index in [-0.39, 0.29) is 23.2 Å². The first-order valence-electron chi connectivity index (χ1n) is 7.86. The van der Waals surface area contributed by atoms with Crippen LogP contribution in [0.25, 0.3) is 0 Å². The van der Waals surface area contributed by atoms with Crippen LogP contribution < -0.4 is 5.32 Å². The molecule has 1 fully saturated rings. The SMILES string of the molecule is Cc1cc(NC(=O)C2CCCN(S(=O)(=O)c3ccc(F)cc3)C2)on1. The van der Waals surface area contributed by atoms with Gasteiger partial charge in [0.1, 0.15) is 5.82 Å². The van der Waals surface area contributed by atoms with Gasteiger partial charge in [-0.3, -0.25) is 10.1 Å². The summed E-state index contributed by atoms with van der Waals surface area (Å²) in [6.45, 7) is 2.13. The lowest BCUT2D eigenvalue weighted by atomic mass is 9.99. The van der Waals surface area contributed by atoms with Crippen LogP contribution in [-0.4, -0.2) is 36.9 Å². The number of benzene rings is 1. The Hall–Kier alpha value is -2.26. The molecule has 2 heterocycles. The Morgan fingerprint density at radius 2 is 2.08 bits per heavy atom. The molecular weight excluding hydrogens is 349 g/mol. The van der Waals surface area contributed by atoms with E-state index in [0.29, 0.717) is 25.1 Å². The summed E-state index contributed by atoms with van der Waals surface area (Å²) >= 11 is 0. The number of hydrogen-bond donors (Lipinski definition) is 1. The maximum Gasteiger partial charge on any atom is 0.243 e. The van der Waals surface area contributed by atoms with Crippen molar-refractivity contribution in [3.05, 3.63) is 41.8 Å². The average molecular weight is 367 g/mol. The minimum absolute atomic E-state index is 0.0146. The predicted molar refractivity (Wildman–Crippen MR) is 87.8 cm³/mol. The smallest absolute Gasteiger partial charge is 0.243 e. The Morgan fingerprint density at radius 3 is 2.72 bits per heavy atom. The second-order valence-electron chi connectivity index (χ2n) is 5.98. The number of carbonyl (C=O) groups is 1. The highest BCUT2D eigenvalue weighted by Gasteiger charge is 2.33. The molecule has 7 nitrogen and oxygen atoms in total. The Balaban J connectivity index is 1.71. The summed E-state index contributed by atoms with van der Waals surface area (Å²) in [5.41, 5.74) is 0.638. The Kier molecular flexibility index (Phi) is 4.87. The number of sulfonamides is 1. The van der Waals surface area contributed by atoms with Crippen molar-refractivity contribution in [1.82, 2.24) is 9.46 Å². The van der Waals surface area contributed by atoms with Gasteiger partial charge in [-0.2, -0.15) is 4.31 Å². The van der Waals surface area contributed by atoms with E-state index >= 15 is 0 Å². The highest BCUT2D eigenvalue weighted by Crippen LogP contribution is 2.25. The molecule has 9 heteroatoms. The fraction of sp³-hybridized carbons (Fsp3) is 0.375. The predicted octanol–water partition coefficient (Wildman–Crippen LogP) is 2.16. The third kappa shape index (κ3) is 3.88. The summed E-state index contributed by atoms with van der Waals surface area (Å²) in [6, 6.07) is 6.26. The average Bonchev–Trinajstić information content (AvgIpc) is 3.00. The quantitative estimate of drug-likeness (QED) is 0.894. The lowest BCUT2D eigenvalue weighted by Gasteiger charge is -2.31. The first kappa shape index (κ1) is 17.6. The van der Waals surface area contributed by atoms with E-state index in [1.807, 2.05) is 0 Å². The van der Waals surface area contributed by atoms with Gasteiger partial charge in [0.2, 0.25) is 21.8 Å². The second kappa shape index (κ2) is 6.93. The highest BCUT2D eigenvalue weighted by molar-refractivity contribution is 7.89. The fourth-order valence-electron chi connectivity index (χ4n) is 2.78. The number of carbonyl (C=O) groups excluding carboxylic acids is 1. The van der Waals surface area contributed by atoms with Gasteiger partial charge in [-0.25, -0.2) is 12.8 Å². The van der Waals surface area contributed by atoms with Crippen LogP contribution in [0.4, 0.5) is 10.3 Å². The summed E-state index contributed by atoms with van der Waals surface area (Å²) in [5.74, 6) is -1.07. The molecule has 0 spiro atoms. The standard InChI is InChI=1S/C16H18FN3O4S/c1-11-9-15(24-19-11)18-16(21)12-3-2-8-20(10-12)25(22,23)14-6-4-13(17)5-7-14/h4-7,9,12H,2-3,8,10H2,1H3,(H,18,21). The molecule has 1 saturated heterocycles. The number of nitrogens with one attached hydrogen (secondary N) is 1. The molecule has 0 radical (unpaired) electrons. The molecular formula is C16H18FN3O4S. The molecule has 2 aromatic rings. The van der Waals surface area contributed by atoms with Crippen LogP contribution in [0.5, 0.6) is 0 Å². The third-order valence-electron chi connectivity index (χ3n) is 4.08. The van der Waals surface area contributed by atoms with Gasteiger partial charge in [0.05, 0.1) is 16.5 Å². The summed E-state index contributed by atoms with van der Waals surface area (Å²) in [7, 11) is -3.76. The van der Waals surface area contributed by atoms with Crippen LogP contribution in [0.15, 0.2) is 39.8 Å². The number of amides is 1. The maximum absolute atomic E-state index is 13.0. The molecule has 0 saturated carbocycles. The zero-order valence-electron chi connectivity index (χ0n) is 13.6. The van der Waals surface area contributed by atoms with Crippen LogP contribution in [-0.2, 0) is 14.8 Å². The molecule has 1 N–H and O–H groups in total. The molecule has 1 aliphatic rings. The summed E-state index contributed by atoms with van der Waals surface area (Å²) < 4.78 is 44.6. The number of anilines is 1. The van der Waals surface area contributed by atoms with E-state index in [4.69, 9.17) is 4.52 Å². The molecule has 25 heavy (non-hydrogen) atoms. The molecule has 1 aromatic carbocycles. The Morgan fingerprint density at radius 1 is 1.36 bits per heavy atom. The van der Waals surface area contributed by atoms with Gasteiger partial charge >= 0.3 is 0 Å². The van der Waals surface area contributed by atoms with Gasteiger partial charge in [0.25, 0.3) is 0 Å². The van der Waals surface area contributed by atoms with Crippen molar-refractivity contribution in [2.45, 2.75) is 24.7 Å². The van der Waals surface area contributed by atoms with Gasteiger partial charge < -0.3 is 4.52 Å². The largest absolute Gasteiger partial charge is 0.338 e. The van der Waals surface area contributed by atoms with E-state index in [0.717, 1.165) is 12.1 Å². The molecule has 1 amide bonds. The van der Waals surface area contributed by atoms with E-state index in [9.17, 15) is 17.6 Å². The number of nitrogens with zero attached hydrogens (tertiary/aromatic N) is 2. The molecule has 1 atom stereocenters. The van der Waals surface area contributed by atoms with E-state index in [1.165, 1.54) is 16.4 Å². The normalized spacial score (nSPS) is 18.9. The zero-order chi connectivity index (χ0) is 18.0. The fourth-order valence-corrected chi connectivity index (χ4v) is 4.30. The molecule has 134 valence electrons. The second-order valence-corrected chi connectivity index (χ2v) is 7.92. The molecule has 1 aromatic heterocycles. The van der Waals surface area contributed by atoms with Crippen LogP contribution in [0.1, 0.15) is 18.5 Å². The monoisotopic (exact) mass is 367 g/mol. The summed E-state index contributed by atoms with van der Waals surface area (Å²) in [5, 5.41) is 6.30. The number of aromatic nitrogens is 1. The van der Waals surface area contributed by atoms with Gasteiger partial charge in [-0.1, -0.05) is 5.16 Å². The van der Waals surface area contributed by atoms with E-state index in [2.05, 4.69) is 10.5 Å². The van der Waals surface area contributed by atoms with Crippen molar-refractivity contribution in [2.24, 2.45) is 5.92 Å². The van der Waals surface area contributed by atoms with Crippen molar-refractivity contribution in [2.75, 3.05) is 18.4 Å². The topological polar surface area (TPSA) is 92.5 Å².